The summed E-state index contributed by atoms with van der Waals surface area (Å²) < 4.78 is 29.4. The van der Waals surface area contributed by atoms with Gasteiger partial charge in [0.15, 0.2) is 0 Å². The van der Waals surface area contributed by atoms with Crippen molar-refractivity contribution in [1.29, 1.82) is 0 Å². The zero-order chi connectivity index (χ0) is 32.2. The lowest BCUT2D eigenvalue weighted by molar-refractivity contribution is -0.140. The van der Waals surface area contributed by atoms with Crippen LogP contribution in [0.4, 0.5) is 5.69 Å². The molecule has 0 aliphatic rings. The summed E-state index contributed by atoms with van der Waals surface area (Å²) in [6.45, 7) is 6.22. The Hall–Kier alpha value is -4.43. The van der Waals surface area contributed by atoms with Crippen LogP contribution < -0.4 is 9.62 Å². The van der Waals surface area contributed by atoms with Crippen molar-refractivity contribution in [2.24, 2.45) is 0 Å². The molecule has 7 nitrogen and oxygen atoms in total. The highest BCUT2D eigenvalue weighted by molar-refractivity contribution is 7.92. The molecule has 0 bridgehead atoms. The van der Waals surface area contributed by atoms with Gasteiger partial charge in [0.1, 0.15) is 12.6 Å². The molecule has 0 unspecified atom stereocenters. The molecule has 45 heavy (non-hydrogen) atoms. The number of amides is 2. The van der Waals surface area contributed by atoms with E-state index in [1.165, 1.54) is 12.1 Å². The van der Waals surface area contributed by atoms with Gasteiger partial charge in [-0.1, -0.05) is 105 Å². The highest BCUT2D eigenvalue weighted by Gasteiger charge is 2.34. The van der Waals surface area contributed by atoms with Crippen molar-refractivity contribution in [2.75, 3.05) is 17.4 Å². The molecular weight excluding hydrogens is 582 g/mol. The van der Waals surface area contributed by atoms with Gasteiger partial charge >= 0.3 is 0 Å². The zero-order valence-electron chi connectivity index (χ0n) is 26.4. The third-order valence-electron chi connectivity index (χ3n) is 7.95. The molecule has 0 heterocycles. The van der Waals surface area contributed by atoms with E-state index in [4.69, 9.17) is 0 Å². The molecule has 0 saturated carbocycles. The molecule has 4 aromatic carbocycles. The fourth-order valence-corrected chi connectivity index (χ4v) is 6.61. The summed E-state index contributed by atoms with van der Waals surface area (Å²) in [7, 11) is -4.12. The molecule has 4 aromatic rings. The number of benzene rings is 4. The third kappa shape index (κ3) is 8.82. The maximum Gasteiger partial charge on any atom is 0.264 e. The Morgan fingerprint density at radius 1 is 0.778 bits per heavy atom. The summed E-state index contributed by atoms with van der Waals surface area (Å²) in [5.74, 6) is -0.733. The van der Waals surface area contributed by atoms with Gasteiger partial charge in [-0.2, -0.15) is 0 Å². The second-order valence-corrected chi connectivity index (χ2v) is 13.0. The minimum Gasteiger partial charge on any atom is -0.354 e. The Kier molecular flexibility index (Phi) is 11.9. The van der Waals surface area contributed by atoms with Crippen molar-refractivity contribution >= 4 is 27.5 Å². The first-order chi connectivity index (χ1) is 21.7. The number of carbonyl (C=O) groups is 2. The van der Waals surface area contributed by atoms with Gasteiger partial charge in [0.05, 0.1) is 10.6 Å². The minimum atomic E-state index is -4.12. The Labute approximate surface area is 268 Å². The number of hydrogen-bond acceptors (Lipinski definition) is 4. The number of anilines is 1. The SMILES string of the molecule is CCCCNC(=O)[C@H](Cc1ccccc1)N(Cc1ccccc1C)C(=O)CN(c1ccc(CC)cc1)S(=O)(=O)c1ccccc1. The highest BCUT2D eigenvalue weighted by atomic mass is 32.2. The Balaban J connectivity index is 1.79. The highest BCUT2D eigenvalue weighted by Crippen LogP contribution is 2.26. The van der Waals surface area contributed by atoms with Gasteiger partial charge in [-0.25, -0.2) is 8.42 Å². The molecule has 8 heteroatoms. The summed E-state index contributed by atoms with van der Waals surface area (Å²) >= 11 is 0. The predicted octanol–water partition coefficient (Wildman–Crippen LogP) is 6.31. The maximum atomic E-state index is 14.5. The maximum absolute atomic E-state index is 14.5. The van der Waals surface area contributed by atoms with Crippen LogP contribution in [0.2, 0.25) is 0 Å². The molecule has 2 amide bonds. The Morgan fingerprint density at radius 2 is 1.40 bits per heavy atom. The van der Waals surface area contributed by atoms with Gasteiger partial charge in [-0.15, -0.1) is 0 Å². The predicted molar refractivity (Wildman–Crippen MR) is 180 cm³/mol. The summed E-state index contributed by atoms with van der Waals surface area (Å²) in [6.07, 6.45) is 2.81. The van der Waals surface area contributed by atoms with Gasteiger partial charge in [0.2, 0.25) is 11.8 Å². The van der Waals surface area contributed by atoms with Crippen LogP contribution in [0, 0.1) is 6.92 Å². The molecule has 0 aliphatic carbocycles. The number of aryl methyl sites for hydroxylation is 2. The number of rotatable bonds is 15. The normalized spacial score (nSPS) is 11.9. The fraction of sp³-hybridized carbons (Fsp3) is 0.297. The quantitative estimate of drug-likeness (QED) is 0.157. The Bertz CT molecular complexity index is 1640. The number of hydrogen-bond donors (Lipinski definition) is 1. The van der Waals surface area contributed by atoms with E-state index >= 15 is 0 Å². The van der Waals surface area contributed by atoms with E-state index < -0.39 is 28.5 Å². The van der Waals surface area contributed by atoms with Crippen molar-refractivity contribution in [2.45, 2.75) is 63.9 Å². The number of sulfonamides is 1. The van der Waals surface area contributed by atoms with Crippen LogP contribution in [-0.2, 0) is 39.0 Å². The van der Waals surface area contributed by atoms with Gasteiger partial charge < -0.3 is 10.2 Å². The van der Waals surface area contributed by atoms with Gasteiger partial charge in [-0.3, -0.25) is 13.9 Å². The molecule has 0 spiro atoms. The van der Waals surface area contributed by atoms with E-state index in [9.17, 15) is 18.0 Å². The first-order valence-corrected chi connectivity index (χ1v) is 17.0. The van der Waals surface area contributed by atoms with Crippen LogP contribution in [0.25, 0.3) is 0 Å². The van der Waals surface area contributed by atoms with Crippen LogP contribution in [0.5, 0.6) is 0 Å². The summed E-state index contributed by atoms with van der Waals surface area (Å²) in [5, 5.41) is 3.03. The third-order valence-corrected chi connectivity index (χ3v) is 9.73. The van der Waals surface area contributed by atoms with Crippen molar-refractivity contribution in [3.8, 4) is 0 Å². The van der Waals surface area contributed by atoms with Crippen LogP contribution in [-0.4, -0.2) is 44.3 Å². The molecule has 0 fully saturated rings. The second kappa shape index (κ2) is 16.0. The fourth-order valence-electron chi connectivity index (χ4n) is 5.18. The molecule has 0 aliphatic heterocycles. The van der Waals surface area contributed by atoms with Crippen molar-refractivity contribution in [1.82, 2.24) is 10.2 Å². The van der Waals surface area contributed by atoms with Crippen LogP contribution >= 0.6 is 0 Å². The lowest BCUT2D eigenvalue weighted by Gasteiger charge is -2.34. The molecule has 1 N–H and O–H groups in total. The van der Waals surface area contributed by atoms with Crippen molar-refractivity contribution < 1.29 is 18.0 Å². The number of nitrogens with one attached hydrogen (secondary N) is 1. The largest absolute Gasteiger partial charge is 0.354 e. The zero-order valence-corrected chi connectivity index (χ0v) is 27.2. The van der Waals surface area contributed by atoms with E-state index in [1.807, 2.05) is 80.6 Å². The van der Waals surface area contributed by atoms with E-state index in [1.54, 1.807) is 35.2 Å². The standard InChI is InChI=1S/C37H43N3O4S/c1-4-6-25-38-37(42)35(26-31-16-9-7-10-17-31)39(27-32-18-14-13-15-29(32)3)36(41)28-40(33-23-21-30(5-2)22-24-33)45(43,44)34-19-11-8-12-20-34/h7-24,35H,4-6,25-28H2,1-3H3,(H,38,42)/t35-/m0/s1. The monoisotopic (exact) mass is 625 g/mol. The van der Waals surface area contributed by atoms with E-state index in [2.05, 4.69) is 12.2 Å². The number of unbranched alkanes of at least 4 members (excludes halogenated alkanes) is 1. The van der Waals surface area contributed by atoms with Crippen LogP contribution in [0.3, 0.4) is 0 Å². The van der Waals surface area contributed by atoms with Crippen molar-refractivity contribution in [3.63, 3.8) is 0 Å². The average Bonchev–Trinajstić information content (AvgIpc) is 3.07. The van der Waals surface area contributed by atoms with E-state index in [0.29, 0.717) is 12.2 Å². The van der Waals surface area contributed by atoms with Crippen molar-refractivity contribution in [3.05, 3.63) is 131 Å². The average molecular weight is 626 g/mol. The van der Waals surface area contributed by atoms with Crippen LogP contribution in [0.1, 0.15) is 48.9 Å². The molecule has 236 valence electrons. The topological polar surface area (TPSA) is 86.8 Å². The van der Waals surface area contributed by atoms with Gasteiger partial charge in [0.25, 0.3) is 10.0 Å². The number of nitrogens with zero attached hydrogens (tertiary/aromatic N) is 2. The summed E-state index contributed by atoms with van der Waals surface area (Å²) in [4.78, 5) is 30.0. The Morgan fingerprint density at radius 3 is 2.02 bits per heavy atom. The van der Waals surface area contributed by atoms with E-state index in [-0.39, 0.29) is 23.8 Å². The minimum absolute atomic E-state index is 0.0842. The first-order valence-electron chi connectivity index (χ1n) is 15.6. The molecular formula is C37H43N3O4S. The molecule has 0 aromatic heterocycles. The molecule has 0 saturated heterocycles. The summed E-state index contributed by atoms with van der Waals surface area (Å²) in [6, 6.07) is 31.8. The first kappa shape index (κ1) is 33.5. The number of carbonyl (C=O) groups excluding carboxylic acids is 2. The lowest BCUT2D eigenvalue weighted by atomic mass is 10.0. The second-order valence-electron chi connectivity index (χ2n) is 11.1. The van der Waals surface area contributed by atoms with E-state index in [0.717, 1.165) is 45.8 Å². The summed E-state index contributed by atoms with van der Waals surface area (Å²) in [5.41, 5.74) is 4.20. The molecule has 4 rings (SSSR count). The molecule has 1 atom stereocenters. The van der Waals surface area contributed by atoms with Gasteiger partial charge in [-0.05, 0) is 66.3 Å². The lowest BCUT2D eigenvalue weighted by Crippen LogP contribution is -2.53. The van der Waals surface area contributed by atoms with Crippen LogP contribution in [0.15, 0.2) is 114 Å². The smallest absolute Gasteiger partial charge is 0.264 e. The molecule has 0 radical (unpaired) electrons. The van der Waals surface area contributed by atoms with Gasteiger partial charge in [0, 0.05) is 19.5 Å².